The Bertz CT molecular complexity index is 485. The van der Waals surface area contributed by atoms with Gasteiger partial charge in [-0.2, -0.15) is 0 Å². The van der Waals surface area contributed by atoms with Crippen molar-refractivity contribution >= 4 is 16.5 Å². The SMILES string of the molecule is Nc1nc(-c2ccccc2COCCO)cs1. The van der Waals surface area contributed by atoms with Gasteiger partial charge >= 0.3 is 0 Å². The van der Waals surface area contributed by atoms with E-state index < -0.39 is 0 Å². The van der Waals surface area contributed by atoms with Crippen LogP contribution in [0.5, 0.6) is 0 Å². The summed E-state index contributed by atoms with van der Waals surface area (Å²) in [4.78, 5) is 4.26. The van der Waals surface area contributed by atoms with E-state index in [0.717, 1.165) is 16.8 Å². The van der Waals surface area contributed by atoms with Gasteiger partial charge in [0, 0.05) is 10.9 Å². The van der Waals surface area contributed by atoms with E-state index in [4.69, 9.17) is 15.6 Å². The van der Waals surface area contributed by atoms with Crippen LogP contribution in [0.1, 0.15) is 5.56 Å². The number of hydrogen-bond donors (Lipinski definition) is 2. The molecule has 0 aliphatic heterocycles. The summed E-state index contributed by atoms with van der Waals surface area (Å²) in [6.45, 7) is 0.841. The lowest BCUT2D eigenvalue weighted by Gasteiger charge is -2.07. The van der Waals surface area contributed by atoms with Crippen LogP contribution < -0.4 is 5.73 Å². The molecule has 2 aromatic rings. The zero-order valence-corrected chi connectivity index (χ0v) is 10.1. The highest BCUT2D eigenvalue weighted by Gasteiger charge is 2.07. The van der Waals surface area contributed by atoms with E-state index >= 15 is 0 Å². The Hall–Kier alpha value is -1.43. The van der Waals surface area contributed by atoms with Gasteiger partial charge in [0.05, 0.1) is 25.5 Å². The van der Waals surface area contributed by atoms with Gasteiger partial charge < -0.3 is 15.6 Å². The Balaban J connectivity index is 2.21. The molecule has 1 aromatic heterocycles. The molecule has 3 N–H and O–H groups in total. The fourth-order valence-corrected chi connectivity index (χ4v) is 2.12. The van der Waals surface area contributed by atoms with Crippen LogP contribution in [0.25, 0.3) is 11.3 Å². The molecular weight excluding hydrogens is 236 g/mol. The maximum atomic E-state index is 8.68. The van der Waals surface area contributed by atoms with Crippen molar-refractivity contribution in [1.29, 1.82) is 0 Å². The van der Waals surface area contributed by atoms with Gasteiger partial charge in [0.25, 0.3) is 0 Å². The molecule has 0 bridgehead atoms. The van der Waals surface area contributed by atoms with Crippen LogP contribution in [0.3, 0.4) is 0 Å². The first-order valence-electron chi connectivity index (χ1n) is 5.29. The van der Waals surface area contributed by atoms with Crippen molar-refractivity contribution in [3.63, 3.8) is 0 Å². The summed E-state index contributed by atoms with van der Waals surface area (Å²) in [5.74, 6) is 0. The lowest BCUT2D eigenvalue weighted by molar-refractivity contribution is 0.0818. The highest BCUT2D eigenvalue weighted by molar-refractivity contribution is 7.13. The van der Waals surface area contributed by atoms with Gasteiger partial charge in [-0.3, -0.25) is 0 Å². The molecule has 0 spiro atoms. The first-order chi connectivity index (χ1) is 8.31. The molecule has 1 heterocycles. The molecular formula is C12H14N2O2S. The molecule has 17 heavy (non-hydrogen) atoms. The quantitative estimate of drug-likeness (QED) is 0.795. The summed E-state index contributed by atoms with van der Waals surface area (Å²) < 4.78 is 5.33. The van der Waals surface area contributed by atoms with Crippen molar-refractivity contribution in [2.24, 2.45) is 0 Å². The predicted octanol–water partition coefficient (Wildman–Crippen LogP) is 1.90. The second-order valence-electron chi connectivity index (χ2n) is 3.50. The maximum absolute atomic E-state index is 8.68. The van der Waals surface area contributed by atoms with Crippen molar-refractivity contribution in [2.75, 3.05) is 18.9 Å². The van der Waals surface area contributed by atoms with Crippen LogP contribution in [0.2, 0.25) is 0 Å². The molecule has 0 fully saturated rings. The fraction of sp³-hybridized carbons (Fsp3) is 0.250. The molecule has 0 radical (unpaired) electrons. The largest absolute Gasteiger partial charge is 0.394 e. The molecule has 1 aromatic carbocycles. The molecule has 0 saturated heterocycles. The van der Waals surface area contributed by atoms with Gasteiger partial charge in [0.1, 0.15) is 0 Å². The fourth-order valence-electron chi connectivity index (χ4n) is 1.55. The van der Waals surface area contributed by atoms with Gasteiger partial charge in [-0.25, -0.2) is 4.98 Å². The van der Waals surface area contributed by atoms with Gasteiger partial charge in [-0.15, -0.1) is 11.3 Å². The van der Waals surface area contributed by atoms with Crippen LogP contribution in [0.15, 0.2) is 29.6 Å². The van der Waals surface area contributed by atoms with E-state index in [1.54, 1.807) is 0 Å². The third-order valence-corrected chi connectivity index (χ3v) is 2.98. The molecule has 4 nitrogen and oxygen atoms in total. The number of ether oxygens (including phenoxy) is 1. The lowest BCUT2D eigenvalue weighted by atomic mass is 10.1. The van der Waals surface area contributed by atoms with Gasteiger partial charge in [-0.05, 0) is 5.56 Å². The summed E-state index contributed by atoms with van der Waals surface area (Å²) in [5, 5.41) is 11.2. The van der Waals surface area contributed by atoms with Gasteiger partial charge in [0.2, 0.25) is 0 Å². The predicted molar refractivity (Wildman–Crippen MR) is 68.7 cm³/mol. The number of hydrogen-bond acceptors (Lipinski definition) is 5. The highest BCUT2D eigenvalue weighted by Crippen LogP contribution is 2.26. The number of aliphatic hydroxyl groups excluding tert-OH is 1. The zero-order chi connectivity index (χ0) is 12.1. The monoisotopic (exact) mass is 250 g/mol. The first kappa shape index (κ1) is 12.0. The third-order valence-electron chi connectivity index (χ3n) is 2.31. The summed E-state index contributed by atoms with van der Waals surface area (Å²) in [6.07, 6.45) is 0. The number of aromatic nitrogens is 1. The minimum absolute atomic E-state index is 0.0335. The topological polar surface area (TPSA) is 68.4 Å². The summed E-state index contributed by atoms with van der Waals surface area (Å²) in [6, 6.07) is 7.89. The van der Waals surface area contributed by atoms with Crippen LogP contribution in [0.4, 0.5) is 5.13 Å². The van der Waals surface area contributed by atoms with Crippen molar-refractivity contribution in [1.82, 2.24) is 4.98 Å². The molecule has 0 amide bonds. The molecule has 0 aliphatic rings. The van der Waals surface area contributed by atoms with E-state index in [1.807, 2.05) is 29.6 Å². The smallest absolute Gasteiger partial charge is 0.180 e. The number of thiazole rings is 1. The van der Waals surface area contributed by atoms with Crippen LogP contribution in [-0.4, -0.2) is 23.3 Å². The molecule has 0 atom stereocenters. The average Bonchev–Trinajstić information content (AvgIpc) is 2.77. The van der Waals surface area contributed by atoms with Crippen molar-refractivity contribution < 1.29 is 9.84 Å². The normalized spacial score (nSPS) is 10.6. The minimum Gasteiger partial charge on any atom is -0.394 e. The van der Waals surface area contributed by atoms with E-state index in [-0.39, 0.29) is 6.61 Å². The summed E-state index contributed by atoms with van der Waals surface area (Å²) in [5.41, 5.74) is 8.58. The van der Waals surface area contributed by atoms with Gasteiger partial charge in [0.15, 0.2) is 5.13 Å². The Morgan fingerprint density at radius 1 is 1.35 bits per heavy atom. The molecule has 5 heteroatoms. The Morgan fingerprint density at radius 3 is 2.88 bits per heavy atom. The lowest BCUT2D eigenvalue weighted by Crippen LogP contribution is -2.00. The average molecular weight is 250 g/mol. The number of rotatable bonds is 5. The molecule has 0 aliphatic carbocycles. The highest BCUT2D eigenvalue weighted by atomic mass is 32.1. The summed E-state index contributed by atoms with van der Waals surface area (Å²) in [7, 11) is 0. The molecule has 0 unspecified atom stereocenters. The maximum Gasteiger partial charge on any atom is 0.180 e. The van der Waals surface area contributed by atoms with E-state index in [0.29, 0.717) is 18.3 Å². The summed E-state index contributed by atoms with van der Waals surface area (Å²) >= 11 is 1.42. The Labute approximate surface area is 104 Å². The van der Waals surface area contributed by atoms with Crippen molar-refractivity contribution in [3.8, 4) is 11.3 Å². The second-order valence-corrected chi connectivity index (χ2v) is 4.39. The molecule has 2 rings (SSSR count). The number of aliphatic hydroxyl groups is 1. The standard InChI is InChI=1S/C12H14N2O2S/c13-12-14-11(8-17-12)10-4-2-1-3-9(10)7-16-6-5-15/h1-4,8,15H,5-7H2,(H2,13,14). The number of nitrogens with two attached hydrogens (primary N) is 1. The van der Waals surface area contributed by atoms with E-state index in [9.17, 15) is 0 Å². The van der Waals surface area contributed by atoms with Crippen LogP contribution >= 0.6 is 11.3 Å². The second kappa shape index (κ2) is 5.77. The van der Waals surface area contributed by atoms with Gasteiger partial charge in [-0.1, -0.05) is 24.3 Å². The number of benzene rings is 1. The van der Waals surface area contributed by atoms with Crippen molar-refractivity contribution in [3.05, 3.63) is 35.2 Å². The molecule has 90 valence electrons. The Morgan fingerprint density at radius 2 is 2.18 bits per heavy atom. The number of nitrogens with zero attached hydrogens (tertiary/aromatic N) is 1. The molecule has 0 saturated carbocycles. The van der Waals surface area contributed by atoms with E-state index in [2.05, 4.69) is 4.98 Å². The van der Waals surface area contributed by atoms with E-state index in [1.165, 1.54) is 11.3 Å². The first-order valence-corrected chi connectivity index (χ1v) is 6.17. The third kappa shape index (κ3) is 3.03. The van der Waals surface area contributed by atoms with Crippen molar-refractivity contribution in [2.45, 2.75) is 6.61 Å². The van der Waals surface area contributed by atoms with Crippen LogP contribution in [0, 0.1) is 0 Å². The Kier molecular flexibility index (Phi) is 4.08. The number of anilines is 1. The minimum atomic E-state index is 0.0335. The zero-order valence-electron chi connectivity index (χ0n) is 9.30. The number of nitrogen functional groups attached to an aromatic ring is 1. The van der Waals surface area contributed by atoms with Crippen LogP contribution in [-0.2, 0) is 11.3 Å².